The Morgan fingerprint density at radius 2 is 2.04 bits per heavy atom. The van der Waals surface area contributed by atoms with Crippen LogP contribution >= 0.6 is 32.5 Å². The van der Waals surface area contributed by atoms with Crippen LogP contribution in [0.15, 0.2) is 51.0 Å². The van der Waals surface area contributed by atoms with E-state index in [0.717, 1.165) is 17.3 Å². The molecule has 2 heterocycles. The van der Waals surface area contributed by atoms with Crippen LogP contribution in [0.3, 0.4) is 0 Å². The molecule has 1 fully saturated rings. The van der Waals surface area contributed by atoms with Crippen LogP contribution in [0.5, 0.6) is 5.75 Å². The normalized spacial score (nSPS) is 18.2. The minimum Gasteiger partial charge on any atom is -0.485 e. The number of allylic oxidation sites excluding steroid dienone is 2. The molecule has 0 aliphatic carbocycles. The molecular weight excluding hydrogens is 441 g/mol. The minimum absolute atomic E-state index is 0.0183. The maximum absolute atomic E-state index is 12.0. The van der Waals surface area contributed by atoms with Crippen LogP contribution in [-0.2, 0) is 9.59 Å². The molecule has 2 aliphatic heterocycles. The summed E-state index contributed by atoms with van der Waals surface area (Å²) in [5.41, 5.74) is 1.44. The van der Waals surface area contributed by atoms with E-state index in [2.05, 4.69) is 5.32 Å². The second-order valence-electron chi connectivity index (χ2n) is 4.80. The Balaban J connectivity index is 1.60. The van der Waals surface area contributed by atoms with Gasteiger partial charge in [0, 0.05) is 5.57 Å². The van der Waals surface area contributed by atoms with Gasteiger partial charge in [-0.2, -0.15) is 0 Å². The van der Waals surface area contributed by atoms with Crippen molar-refractivity contribution in [2.45, 2.75) is 0 Å². The van der Waals surface area contributed by atoms with E-state index in [9.17, 15) is 14.4 Å². The Labute approximate surface area is 152 Å². The number of imide groups is 1. The molecule has 7 heteroatoms. The third-order valence-corrected chi connectivity index (χ3v) is 5.50. The molecule has 122 valence electrons. The first kappa shape index (κ1) is 16.8. The molecular formula is C17H12INO4S. The standard InChI is InChI=1S/C17H12INO4S/c20-14(12-5-7-18-8-6-12)10-23-13-3-1-11(2-4-13)9-15-16(21)19-17(22)24-15/h1-9H,10H2,(H,19,21,22)/b15-9-. The van der Waals surface area contributed by atoms with Crippen molar-refractivity contribution in [1.82, 2.24) is 5.32 Å². The lowest BCUT2D eigenvalue weighted by Crippen LogP contribution is -2.17. The molecule has 3 rings (SSSR count). The van der Waals surface area contributed by atoms with E-state index in [1.54, 1.807) is 30.3 Å². The number of benzene rings is 1. The fourth-order valence-corrected chi connectivity index (χ4v) is 4.07. The molecule has 1 saturated heterocycles. The fraction of sp³-hybridized carbons (Fsp3) is 0.0588. The van der Waals surface area contributed by atoms with Gasteiger partial charge in [0.25, 0.3) is 11.1 Å². The first-order chi connectivity index (χ1) is 11.6. The number of nitrogens with one attached hydrogen (secondary N) is 1. The lowest BCUT2D eigenvalue weighted by molar-refractivity contribution is -0.117. The highest BCUT2D eigenvalue weighted by molar-refractivity contribution is 14.2. The number of hydrogen-bond donors (Lipinski definition) is 1. The second-order valence-corrected chi connectivity index (χ2v) is 7.97. The number of amides is 2. The van der Waals surface area contributed by atoms with Crippen molar-refractivity contribution in [2.75, 3.05) is 6.61 Å². The van der Waals surface area contributed by atoms with Gasteiger partial charge in [0.2, 0.25) is 0 Å². The average molecular weight is 453 g/mol. The van der Waals surface area contributed by atoms with E-state index in [1.165, 1.54) is 0 Å². The van der Waals surface area contributed by atoms with E-state index in [4.69, 9.17) is 4.74 Å². The molecule has 0 bridgehead atoms. The van der Waals surface area contributed by atoms with Crippen molar-refractivity contribution in [2.24, 2.45) is 0 Å². The third-order valence-electron chi connectivity index (χ3n) is 3.14. The van der Waals surface area contributed by atoms with Crippen molar-refractivity contribution in [3.8, 4) is 5.75 Å². The van der Waals surface area contributed by atoms with E-state index in [1.807, 2.05) is 20.2 Å². The second kappa shape index (κ2) is 7.71. The van der Waals surface area contributed by atoms with Crippen LogP contribution in [0.1, 0.15) is 5.56 Å². The number of rotatable bonds is 5. The topological polar surface area (TPSA) is 72.5 Å². The Morgan fingerprint density at radius 3 is 2.67 bits per heavy atom. The molecule has 24 heavy (non-hydrogen) atoms. The largest absolute Gasteiger partial charge is 0.485 e. The Bertz CT molecular complexity index is 821. The van der Waals surface area contributed by atoms with Crippen LogP contribution in [0.4, 0.5) is 4.79 Å². The molecule has 0 spiro atoms. The highest BCUT2D eigenvalue weighted by Crippen LogP contribution is 2.26. The highest BCUT2D eigenvalue weighted by Gasteiger charge is 2.24. The van der Waals surface area contributed by atoms with Gasteiger partial charge in [-0.25, -0.2) is 0 Å². The van der Waals surface area contributed by atoms with Crippen LogP contribution in [-0.4, -0.2) is 27.5 Å². The lowest BCUT2D eigenvalue weighted by atomic mass is 10.1. The Morgan fingerprint density at radius 1 is 1.25 bits per heavy atom. The predicted octanol–water partition coefficient (Wildman–Crippen LogP) is 3.19. The van der Waals surface area contributed by atoms with E-state index in [0.29, 0.717) is 16.2 Å². The van der Waals surface area contributed by atoms with Crippen LogP contribution in [0.2, 0.25) is 0 Å². The molecule has 1 aromatic rings. The van der Waals surface area contributed by atoms with Crippen molar-refractivity contribution in [1.29, 1.82) is 0 Å². The first-order valence-corrected chi connectivity index (χ1v) is 10.3. The van der Waals surface area contributed by atoms with Crippen molar-refractivity contribution in [3.05, 3.63) is 56.5 Å². The third kappa shape index (κ3) is 4.30. The maximum Gasteiger partial charge on any atom is 0.290 e. The summed E-state index contributed by atoms with van der Waals surface area (Å²) in [6, 6.07) is 6.98. The van der Waals surface area contributed by atoms with E-state index >= 15 is 0 Å². The predicted molar refractivity (Wildman–Crippen MR) is 103 cm³/mol. The molecule has 5 nitrogen and oxygen atoms in total. The Kier molecular flexibility index (Phi) is 5.41. The van der Waals surface area contributed by atoms with Crippen LogP contribution in [0.25, 0.3) is 6.08 Å². The van der Waals surface area contributed by atoms with Gasteiger partial charge >= 0.3 is 0 Å². The SMILES string of the molecule is O=C1NC(=O)/C(=C/c2ccc(OCC(=O)C3=CC=IC=C3)cc2)S1. The summed E-state index contributed by atoms with van der Waals surface area (Å²) < 4.78 is 9.57. The van der Waals surface area contributed by atoms with Crippen LogP contribution in [0, 0.1) is 0 Å². The summed E-state index contributed by atoms with van der Waals surface area (Å²) >= 11 is 0.834. The van der Waals surface area contributed by atoms with Gasteiger partial charge in [-0.15, -0.1) is 0 Å². The number of carbonyl (C=O) groups excluding carboxylic acids is 3. The molecule has 2 amide bonds. The Hall–Kier alpha value is -2.00. The van der Waals surface area contributed by atoms with Gasteiger partial charge in [-0.05, 0) is 55.8 Å². The van der Waals surface area contributed by atoms with Crippen molar-refractivity contribution in [3.63, 3.8) is 0 Å². The summed E-state index contributed by atoms with van der Waals surface area (Å²) in [5.74, 6) is 0.126. The fourth-order valence-electron chi connectivity index (χ4n) is 1.96. The summed E-state index contributed by atoms with van der Waals surface area (Å²) in [4.78, 5) is 35.0. The number of ether oxygens (including phenoxy) is 1. The zero-order valence-corrected chi connectivity index (χ0v) is 15.3. The summed E-state index contributed by atoms with van der Waals surface area (Å²) in [7, 11) is 0. The van der Waals surface area contributed by atoms with Gasteiger partial charge in [0.15, 0.2) is 12.4 Å². The molecule has 0 aromatic heterocycles. The zero-order chi connectivity index (χ0) is 16.9. The lowest BCUT2D eigenvalue weighted by Gasteiger charge is -2.07. The molecule has 0 radical (unpaired) electrons. The number of hydrogen-bond acceptors (Lipinski definition) is 5. The molecule has 1 N–H and O–H groups in total. The number of thioether (sulfide) groups is 1. The van der Waals surface area contributed by atoms with Crippen molar-refractivity contribution < 1.29 is 19.1 Å². The maximum atomic E-state index is 12.0. The quantitative estimate of drug-likeness (QED) is 0.548. The number of halogens is 1. The van der Waals surface area contributed by atoms with Gasteiger partial charge < -0.3 is 4.74 Å². The minimum atomic E-state index is -0.385. The highest BCUT2D eigenvalue weighted by atomic mass is 127. The average Bonchev–Trinajstić information content (AvgIpc) is 2.92. The van der Waals surface area contributed by atoms with Crippen LogP contribution < -0.4 is 10.1 Å². The molecule has 0 unspecified atom stereocenters. The monoisotopic (exact) mass is 453 g/mol. The van der Waals surface area contributed by atoms with E-state index < -0.39 is 0 Å². The molecule has 0 atom stereocenters. The number of Topliss-reactive ketones (excluding diaryl/α,β-unsaturated/α-hetero) is 1. The van der Waals surface area contributed by atoms with Gasteiger partial charge in [0.1, 0.15) is 5.75 Å². The number of carbonyl (C=O) groups is 3. The summed E-state index contributed by atoms with van der Waals surface area (Å²) in [6.07, 6.45) is 5.33. The van der Waals surface area contributed by atoms with E-state index in [-0.39, 0.29) is 44.3 Å². The summed E-state index contributed by atoms with van der Waals surface area (Å²) in [6.45, 7) is -0.0183. The van der Waals surface area contributed by atoms with Crippen molar-refractivity contribution >= 4 is 59.5 Å². The smallest absolute Gasteiger partial charge is 0.290 e. The van der Waals surface area contributed by atoms with Gasteiger partial charge in [-0.3, -0.25) is 19.7 Å². The molecule has 2 aliphatic rings. The molecule has 1 aromatic carbocycles. The van der Waals surface area contributed by atoms with Gasteiger partial charge in [-0.1, -0.05) is 32.9 Å². The number of ketones is 1. The zero-order valence-electron chi connectivity index (χ0n) is 12.3. The first-order valence-electron chi connectivity index (χ1n) is 6.95. The molecule has 0 saturated carbocycles. The van der Waals surface area contributed by atoms with Gasteiger partial charge in [0.05, 0.1) is 4.91 Å². The summed E-state index contributed by atoms with van der Waals surface area (Å²) in [5, 5.41) is 1.84.